The zero-order valence-corrected chi connectivity index (χ0v) is 24.4. The summed E-state index contributed by atoms with van der Waals surface area (Å²) < 4.78 is 38.3. The van der Waals surface area contributed by atoms with Crippen molar-refractivity contribution < 1.29 is 78.8 Å². The predicted molar refractivity (Wildman–Crippen MR) is 151 cm³/mol. The number of aliphatic hydroxyl groups excluding tert-OH is 7. The van der Waals surface area contributed by atoms with Crippen molar-refractivity contribution in [2.45, 2.75) is 61.4 Å². The van der Waals surface area contributed by atoms with Crippen LogP contribution in [0.5, 0.6) is 28.7 Å². The molecule has 252 valence electrons. The Labute approximate surface area is 259 Å². The Kier molecular flexibility index (Phi) is 9.89. The summed E-state index contributed by atoms with van der Waals surface area (Å²) in [5, 5.41) is 92.1. The number of benzene rings is 2. The zero-order valence-electron chi connectivity index (χ0n) is 24.4. The van der Waals surface area contributed by atoms with Gasteiger partial charge in [0.15, 0.2) is 23.2 Å². The average Bonchev–Trinajstić information content (AvgIpc) is 3.04. The van der Waals surface area contributed by atoms with Crippen molar-refractivity contribution >= 4 is 11.0 Å². The van der Waals surface area contributed by atoms with Gasteiger partial charge in [0.1, 0.15) is 77.1 Å². The Bertz CT molecular complexity index is 1560. The third-order valence-electron chi connectivity index (χ3n) is 7.76. The van der Waals surface area contributed by atoms with E-state index in [0.29, 0.717) is 0 Å². The number of phenols is 2. The minimum absolute atomic E-state index is 0.00329. The predicted octanol–water partition coefficient (Wildman–Crippen LogP) is -2.11. The number of hydrogen-bond acceptors (Lipinski definition) is 17. The first-order valence-electron chi connectivity index (χ1n) is 13.9. The lowest BCUT2D eigenvalue weighted by atomic mass is 9.97. The highest BCUT2D eigenvalue weighted by Crippen LogP contribution is 2.41. The second kappa shape index (κ2) is 13.5. The molecular weight excluding hydrogens is 620 g/mol. The van der Waals surface area contributed by atoms with E-state index in [4.69, 9.17) is 32.8 Å². The molecule has 5 rings (SSSR count). The molecular formula is C29H34O17. The number of phenolic OH excluding ortho intramolecular Hbond substituents is 2. The van der Waals surface area contributed by atoms with Crippen molar-refractivity contribution in [1.82, 2.24) is 0 Å². The molecule has 10 atom stereocenters. The van der Waals surface area contributed by atoms with Gasteiger partial charge in [-0.05, 0) is 12.1 Å². The van der Waals surface area contributed by atoms with Crippen LogP contribution in [0.15, 0.2) is 39.5 Å². The topological polar surface area (TPSA) is 268 Å². The summed E-state index contributed by atoms with van der Waals surface area (Å²) in [4.78, 5) is 13.0. The molecule has 2 aliphatic heterocycles. The summed E-state index contributed by atoms with van der Waals surface area (Å²) in [6.07, 6.45) is -16.7. The molecule has 9 N–H and O–H groups in total. The van der Waals surface area contributed by atoms with Crippen molar-refractivity contribution in [3.8, 4) is 40.1 Å². The average molecular weight is 655 g/mol. The number of rotatable bonds is 9. The van der Waals surface area contributed by atoms with Crippen LogP contribution in [-0.4, -0.2) is 135 Å². The fourth-order valence-corrected chi connectivity index (χ4v) is 5.28. The van der Waals surface area contributed by atoms with E-state index in [-0.39, 0.29) is 45.3 Å². The fourth-order valence-electron chi connectivity index (χ4n) is 5.28. The van der Waals surface area contributed by atoms with Crippen LogP contribution < -0.4 is 19.6 Å². The Balaban J connectivity index is 1.40. The van der Waals surface area contributed by atoms with Gasteiger partial charge in [0.25, 0.3) is 0 Å². The van der Waals surface area contributed by atoms with Crippen molar-refractivity contribution in [1.29, 1.82) is 0 Å². The van der Waals surface area contributed by atoms with Crippen LogP contribution in [0.4, 0.5) is 0 Å². The number of ether oxygens (including phenoxy) is 6. The van der Waals surface area contributed by atoms with E-state index in [2.05, 4.69) is 0 Å². The molecule has 2 unspecified atom stereocenters. The van der Waals surface area contributed by atoms with Crippen LogP contribution in [-0.2, 0) is 14.2 Å². The van der Waals surface area contributed by atoms with Gasteiger partial charge in [-0.3, -0.25) is 4.79 Å². The first kappa shape index (κ1) is 33.6. The van der Waals surface area contributed by atoms with Gasteiger partial charge < -0.3 is 78.8 Å². The maximum atomic E-state index is 13.0. The molecule has 3 heterocycles. The van der Waals surface area contributed by atoms with Gasteiger partial charge >= 0.3 is 0 Å². The molecule has 17 nitrogen and oxygen atoms in total. The maximum Gasteiger partial charge on any atom is 0.229 e. The summed E-state index contributed by atoms with van der Waals surface area (Å²) in [5.74, 6) is -0.948. The number of aliphatic hydroxyl groups is 7. The van der Waals surface area contributed by atoms with Crippen LogP contribution in [0.2, 0.25) is 0 Å². The second-order valence-electron chi connectivity index (χ2n) is 10.6. The van der Waals surface area contributed by atoms with E-state index in [9.17, 15) is 50.8 Å². The molecule has 2 aliphatic rings. The van der Waals surface area contributed by atoms with E-state index in [1.807, 2.05) is 0 Å². The summed E-state index contributed by atoms with van der Waals surface area (Å²) in [6, 6.07) is 6.15. The highest BCUT2D eigenvalue weighted by Gasteiger charge is 2.51. The minimum Gasteiger partial charge on any atom is -0.507 e. The van der Waals surface area contributed by atoms with Crippen molar-refractivity contribution in [2.24, 2.45) is 0 Å². The summed E-state index contributed by atoms with van der Waals surface area (Å²) in [7, 11) is 2.64. The molecule has 1 aromatic heterocycles. The van der Waals surface area contributed by atoms with E-state index in [0.717, 1.165) is 12.1 Å². The van der Waals surface area contributed by atoms with Gasteiger partial charge in [-0.2, -0.15) is 0 Å². The van der Waals surface area contributed by atoms with Crippen LogP contribution in [0.1, 0.15) is 0 Å². The maximum absolute atomic E-state index is 13.0. The lowest BCUT2D eigenvalue weighted by molar-refractivity contribution is -0.352. The Morgan fingerprint density at radius 2 is 1.35 bits per heavy atom. The van der Waals surface area contributed by atoms with E-state index < -0.39 is 85.8 Å². The Hall–Kier alpha value is -3.75. The third-order valence-corrected chi connectivity index (χ3v) is 7.76. The van der Waals surface area contributed by atoms with Crippen molar-refractivity contribution in [2.75, 3.05) is 27.4 Å². The highest BCUT2D eigenvalue weighted by molar-refractivity contribution is 5.86. The van der Waals surface area contributed by atoms with Crippen molar-refractivity contribution in [3.63, 3.8) is 0 Å². The molecule has 0 amide bonds. The molecule has 2 saturated heterocycles. The van der Waals surface area contributed by atoms with Crippen LogP contribution in [0.3, 0.4) is 0 Å². The monoisotopic (exact) mass is 654 g/mol. The highest BCUT2D eigenvalue weighted by atomic mass is 16.7. The molecule has 2 aromatic carbocycles. The molecule has 17 heteroatoms. The lowest BCUT2D eigenvalue weighted by Gasteiger charge is -2.45. The fraction of sp³-hybridized carbons (Fsp3) is 0.483. The largest absolute Gasteiger partial charge is 0.507 e. The third kappa shape index (κ3) is 6.17. The first-order valence-corrected chi connectivity index (χ1v) is 13.9. The van der Waals surface area contributed by atoms with Crippen LogP contribution in [0.25, 0.3) is 22.3 Å². The van der Waals surface area contributed by atoms with Crippen molar-refractivity contribution in [3.05, 3.63) is 40.6 Å². The SMILES string of the molecule is COc1cc(-c2cc(=O)c3c(O)cc(OC4O[C@H](CO)[C@@H](OC5O[C@H](CO)[C@H](O)[C@H](O)[C@H]5O)[C@H](O)[C@H]4O)cc3o2)cc(OC)c1O. The normalized spacial score (nSPS) is 31.5. The van der Waals surface area contributed by atoms with E-state index in [1.54, 1.807) is 0 Å². The van der Waals surface area contributed by atoms with Gasteiger partial charge in [0, 0.05) is 23.8 Å². The molecule has 46 heavy (non-hydrogen) atoms. The number of fused-ring (bicyclic) bond motifs is 1. The van der Waals surface area contributed by atoms with Gasteiger partial charge in [0.2, 0.25) is 12.0 Å². The molecule has 0 bridgehead atoms. The van der Waals surface area contributed by atoms with E-state index >= 15 is 0 Å². The minimum atomic E-state index is -1.87. The van der Waals surface area contributed by atoms with Gasteiger partial charge in [-0.1, -0.05) is 0 Å². The zero-order chi connectivity index (χ0) is 33.4. The summed E-state index contributed by atoms with van der Waals surface area (Å²) in [5.41, 5.74) is -0.511. The standard InChI is InChI=1S/C29H34O17/c1-40-16-3-10(4-17(41-2)21(16)34)14-7-13(33)20-12(32)5-11(6-15(20)43-14)42-28-26(39)24(37)27(19(9-31)45-28)46-29-25(38)23(36)22(35)18(8-30)44-29/h3-7,18-19,22-32,34-39H,8-9H2,1-2H3/t18-,19-,22+,23+,24-,25-,26-,27-,28?,29?/m1/s1. The lowest BCUT2D eigenvalue weighted by Crippen LogP contribution is -2.65. The number of aromatic hydroxyl groups is 2. The molecule has 3 aromatic rings. The molecule has 2 fully saturated rings. The molecule has 0 saturated carbocycles. The van der Waals surface area contributed by atoms with Gasteiger partial charge in [-0.15, -0.1) is 0 Å². The van der Waals surface area contributed by atoms with Gasteiger partial charge in [-0.25, -0.2) is 0 Å². The molecule has 0 aliphatic carbocycles. The second-order valence-corrected chi connectivity index (χ2v) is 10.6. The summed E-state index contributed by atoms with van der Waals surface area (Å²) >= 11 is 0. The number of hydrogen-bond donors (Lipinski definition) is 9. The van der Waals surface area contributed by atoms with Crippen LogP contribution >= 0.6 is 0 Å². The molecule has 0 radical (unpaired) electrons. The van der Waals surface area contributed by atoms with Crippen LogP contribution in [0, 0.1) is 0 Å². The summed E-state index contributed by atoms with van der Waals surface area (Å²) in [6.45, 7) is -1.54. The smallest absolute Gasteiger partial charge is 0.229 e. The van der Waals surface area contributed by atoms with Gasteiger partial charge in [0.05, 0.1) is 27.4 Å². The van der Waals surface area contributed by atoms with E-state index in [1.165, 1.54) is 32.4 Å². The molecule has 0 spiro atoms. The number of methoxy groups -OCH3 is 2. The quantitative estimate of drug-likeness (QED) is 0.119. The Morgan fingerprint density at radius 1 is 0.739 bits per heavy atom. The Morgan fingerprint density at radius 3 is 1.96 bits per heavy atom. The first-order chi connectivity index (χ1) is 21.9.